The predicted molar refractivity (Wildman–Crippen MR) is 68.9 cm³/mol. The molecule has 0 aliphatic heterocycles. The molecule has 0 unspecified atom stereocenters. The van der Waals surface area contributed by atoms with E-state index in [4.69, 9.17) is 16.7 Å². The fourth-order valence-corrected chi connectivity index (χ4v) is 3.21. The van der Waals surface area contributed by atoms with Gasteiger partial charge >= 0.3 is 6.18 Å². The van der Waals surface area contributed by atoms with Gasteiger partial charge in [0.15, 0.2) is 0 Å². The van der Waals surface area contributed by atoms with Crippen LogP contribution in [0.2, 0.25) is 5.02 Å². The Hall–Kier alpha value is -0.840. The molecule has 0 aliphatic carbocycles. The molecule has 0 bridgehead atoms. The van der Waals surface area contributed by atoms with Gasteiger partial charge in [0.25, 0.3) is 5.91 Å². The summed E-state index contributed by atoms with van der Waals surface area (Å²) in [6, 6.07) is 1.86. The number of nitrogens with two attached hydrogens (primary N) is 1. The Bertz CT molecular complexity index is 649. The van der Waals surface area contributed by atoms with Crippen molar-refractivity contribution in [3.05, 3.63) is 27.2 Å². The number of hydrogen-bond donors (Lipinski definition) is 2. The third kappa shape index (κ3) is 4.62. The van der Waals surface area contributed by atoms with Gasteiger partial charge in [0, 0.05) is 4.47 Å². The molecule has 0 atom stereocenters. The maximum Gasteiger partial charge on any atom is 0.405 e. The number of benzene rings is 1. The number of rotatable bonds is 3. The van der Waals surface area contributed by atoms with E-state index in [9.17, 15) is 26.4 Å². The molecular weight excluding hydrogens is 389 g/mol. The first-order valence-electron chi connectivity index (χ1n) is 4.78. The van der Waals surface area contributed by atoms with E-state index in [1.165, 1.54) is 0 Å². The second-order valence-electron chi connectivity index (χ2n) is 3.61. The highest BCUT2D eigenvalue weighted by molar-refractivity contribution is 9.10. The molecule has 0 spiro atoms. The molecule has 0 radical (unpaired) electrons. The van der Waals surface area contributed by atoms with E-state index in [-0.39, 0.29) is 9.50 Å². The summed E-state index contributed by atoms with van der Waals surface area (Å²) in [7, 11) is -4.16. The van der Waals surface area contributed by atoms with Gasteiger partial charge < -0.3 is 5.32 Å². The smallest absolute Gasteiger partial charge is 0.343 e. The van der Waals surface area contributed by atoms with E-state index in [2.05, 4.69) is 15.9 Å². The second kappa shape index (κ2) is 5.88. The summed E-state index contributed by atoms with van der Waals surface area (Å²) in [6.07, 6.45) is -4.60. The van der Waals surface area contributed by atoms with Gasteiger partial charge in [-0.05, 0) is 28.1 Å². The number of hydrogen-bond acceptors (Lipinski definition) is 3. The van der Waals surface area contributed by atoms with Gasteiger partial charge in [0.2, 0.25) is 10.0 Å². The molecule has 1 aromatic carbocycles. The number of primary sulfonamides is 1. The van der Waals surface area contributed by atoms with Crippen molar-refractivity contribution in [2.75, 3.05) is 6.54 Å². The first-order chi connectivity index (χ1) is 8.92. The molecule has 1 amide bonds. The maximum absolute atomic E-state index is 12.0. The Kier molecular flexibility index (Phi) is 5.06. The number of alkyl halides is 3. The van der Waals surface area contributed by atoms with E-state index in [0.717, 1.165) is 12.1 Å². The van der Waals surface area contributed by atoms with E-state index in [1.54, 1.807) is 5.32 Å². The van der Waals surface area contributed by atoms with Crippen LogP contribution in [0.5, 0.6) is 0 Å². The largest absolute Gasteiger partial charge is 0.405 e. The minimum Gasteiger partial charge on any atom is -0.343 e. The number of sulfonamides is 1. The van der Waals surface area contributed by atoms with Gasteiger partial charge in [-0.3, -0.25) is 4.79 Å². The topological polar surface area (TPSA) is 89.3 Å². The Morgan fingerprint density at radius 2 is 1.95 bits per heavy atom. The Morgan fingerprint density at radius 3 is 2.40 bits per heavy atom. The zero-order valence-electron chi connectivity index (χ0n) is 9.46. The lowest BCUT2D eigenvalue weighted by Gasteiger charge is -2.11. The van der Waals surface area contributed by atoms with Crippen LogP contribution in [0.1, 0.15) is 10.4 Å². The van der Waals surface area contributed by atoms with Crippen LogP contribution in [0.3, 0.4) is 0 Å². The molecule has 1 rings (SSSR count). The average molecular weight is 396 g/mol. The summed E-state index contributed by atoms with van der Waals surface area (Å²) >= 11 is 8.57. The number of halogens is 5. The molecule has 0 aromatic heterocycles. The lowest BCUT2D eigenvalue weighted by molar-refractivity contribution is -0.123. The second-order valence-corrected chi connectivity index (χ2v) is 6.40. The van der Waals surface area contributed by atoms with Crippen LogP contribution < -0.4 is 10.5 Å². The van der Waals surface area contributed by atoms with Gasteiger partial charge in [-0.15, -0.1) is 0 Å². The highest BCUT2D eigenvalue weighted by atomic mass is 79.9. The first-order valence-corrected chi connectivity index (χ1v) is 7.50. The highest BCUT2D eigenvalue weighted by Crippen LogP contribution is 2.28. The molecule has 0 saturated carbocycles. The van der Waals surface area contributed by atoms with E-state index in [0.29, 0.717) is 0 Å². The fourth-order valence-electron chi connectivity index (χ4n) is 1.20. The fraction of sp³-hybridized carbons (Fsp3) is 0.222. The Morgan fingerprint density at radius 1 is 1.40 bits per heavy atom. The van der Waals surface area contributed by atoms with E-state index >= 15 is 0 Å². The van der Waals surface area contributed by atoms with Gasteiger partial charge in [-0.1, -0.05) is 11.6 Å². The van der Waals surface area contributed by atoms with Gasteiger partial charge in [-0.25, -0.2) is 13.6 Å². The zero-order chi connectivity index (χ0) is 15.7. The molecule has 1 aromatic rings. The SMILES string of the molecule is NS(=O)(=O)c1cc(C(=O)NCC(F)(F)F)c(Cl)cc1Br. The van der Waals surface area contributed by atoms with Crippen LogP contribution in [-0.2, 0) is 10.0 Å². The van der Waals surface area contributed by atoms with Crippen molar-refractivity contribution in [3.63, 3.8) is 0 Å². The predicted octanol–water partition coefficient (Wildman–Crippen LogP) is 2.04. The summed E-state index contributed by atoms with van der Waals surface area (Å²) in [4.78, 5) is 11.1. The molecule has 11 heteroatoms. The lowest BCUT2D eigenvalue weighted by atomic mass is 10.2. The van der Waals surface area contributed by atoms with Crippen molar-refractivity contribution in [1.29, 1.82) is 0 Å². The molecule has 0 heterocycles. The van der Waals surface area contributed by atoms with Crippen molar-refractivity contribution in [1.82, 2.24) is 5.32 Å². The summed E-state index contributed by atoms with van der Waals surface area (Å²) < 4.78 is 58.5. The summed E-state index contributed by atoms with van der Waals surface area (Å²) in [5.74, 6) is -1.16. The third-order valence-corrected chi connectivity index (χ3v) is 4.20. The average Bonchev–Trinajstić information content (AvgIpc) is 2.23. The maximum atomic E-state index is 12.0. The molecule has 5 nitrogen and oxygen atoms in total. The minimum atomic E-state index is -4.60. The molecule has 3 N–H and O–H groups in total. The highest BCUT2D eigenvalue weighted by Gasteiger charge is 2.28. The third-order valence-electron chi connectivity index (χ3n) is 2.02. The number of carbonyl (C=O) groups excluding carboxylic acids is 1. The Labute approximate surface area is 125 Å². The van der Waals surface area contributed by atoms with Crippen LogP contribution >= 0.6 is 27.5 Å². The number of amides is 1. The standard InChI is InChI=1S/C9H7BrClF3N2O3S/c10-5-2-6(11)4(1-7(5)20(15,18)19)8(17)16-3-9(12,13)14/h1-2H,3H2,(H,16,17)(H2,15,18,19). The van der Waals surface area contributed by atoms with Crippen LogP contribution in [0.25, 0.3) is 0 Å². The van der Waals surface area contributed by atoms with Crippen molar-refractivity contribution >= 4 is 43.5 Å². The van der Waals surface area contributed by atoms with Crippen LogP contribution in [-0.4, -0.2) is 27.0 Å². The lowest BCUT2D eigenvalue weighted by Crippen LogP contribution is -2.34. The van der Waals surface area contributed by atoms with Crippen LogP contribution in [0, 0.1) is 0 Å². The van der Waals surface area contributed by atoms with Crippen molar-refractivity contribution < 1.29 is 26.4 Å². The monoisotopic (exact) mass is 394 g/mol. The Balaban J connectivity index is 3.16. The van der Waals surface area contributed by atoms with Gasteiger partial charge in [-0.2, -0.15) is 13.2 Å². The van der Waals surface area contributed by atoms with Gasteiger partial charge in [0.1, 0.15) is 6.54 Å². The first kappa shape index (κ1) is 17.2. The molecule has 0 fully saturated rings. The zero-order valence-corrected chi connectivity index (χ0v) is 12.6. The van der Waals surface area contributed by atoms with Crippen LogP contribution in [0.15, 0.2) is 21.5 Å². The summed E-state index contributed by atoms with van der Waals surface area (Å²) in [6.45, 7) is -1.57. The number of nitrogens with one attached hydrogen (secondary N) is 1. The molecule has 20 heavy (non-hydrogen) atoms. The van der Waals surface area contributed by atoms with Crippen molar-refractivity contribution in [2.45, 2.75) is 11.1 Å². The minimum absolute atomic E-state index is 0.00243. The molecule has 0 saturated heterocycles. The molecule has 112 valence electrons. The van der Waals surface area contributed by atoms with E-state index < -0.39 is 39.1 Å². The summed E-state index contributed by atoms with van der Waals surface area (Å²) in [5.41, 5.74) is -0.428. The van der Waals surface area contributed by atoms with Crippen LogP contribution in [0.4, 0.5) is 13.2 Å². The van der Waals surface area contributed by atoms with Gasteiger partial charge in [0.05, 0.1) is 15.5 Å². The quantitative estimate of drug-likeness (QED) is 0.821. The number of carbonyl (C=O) groups is 1. The van der Waals surface area contributed by atoms with Crippen molar-refractivity contribution in [2.24, 2.45) is 5.14 Å². The van der Waals surface area contributed by atoms with Crippen molar-refractivity contribution in [3.8, 4) is 0 Å². The molecule has 0 aliphatic rings. The normalized spacial score (nSPS) is 12.3. The van der Waals surface area contributed by atoms with E-state index in [1.807, 2.05) is 0 Å². The molecular formula is C9H7BrClF3N2O3S. The summed E-state index contributed by atoms with van der Waals surface area (Å²) in [5, 5.41) is 6.27.